The highest BCUT2D eigenvalue weighted by molar-refractivity contribution is 7.92. The van der Waals surface area contributed by atoms with Gasteiger partial charge < -0.3 is 10.6 Å². The molecule has 1 rings (SSSR count). The maximum atomic E-state index is 11.8. The third-order valence-electron chi connectivity index (χ3n) is 3.26. The van der Waals surface area contributed by atoms with Crippen LogP contribution in [0.5, 0.6) is 0 Å². The van der Waals surface area contributed by atoms with E-state index in [1.807, 2.05) is 18.7 Å². The summed E-state index contributed by atoms with van der Waals surface area (Å²) in [6.45, 7) is 5.91. The molecule has 0 spiro atoms. The summed E-state index contributed by atoms with van der Waals surface area (Å²) in [5.74, 6) is 0.758. The molecule has 5 nitrogen and oxygen atoms in total. The van der Waals surface area contributed by atoms with Crippen molar-refractivity contribution in [3.05, 3.63) is 0 Å². The maximum absolute atomic E-state index is 11.8. The van der Waals surface area contributed by atoms with Gasteiger partial charge in [0.1, 0.15) is 0 Å². The van der Waals surface area contributed by atoms with Crippen molar-refractivity contribution >= 4 is 15.8 Å². The Kier molecular flexibility index (Phi) is 5.24. The van der Waals surface area contributed by atoms with E-state index in [0.717, 1.165) is 32.4 Å². The van der Waals surface area contributed by atoms with Crippen LogP contribution in [0.2, 0.25) is 0 Å². The molecule has 1 aliphatic heterocycles. The fourth-order valence-electron chi connectivity index (χ4n) is 2.07. The Morgan fingerprint density at radius 1 is 1.35 bits per heavy atom. The number of nitrogens with zero attached hydrogens (tertiary/aromatic N) is 2. The van der Waals surface area contributed by atoms with Crippen molar-refractivity contribution in [3.63, 3.8) is 0 Å². The van der Waals surface area contributed by atoms with Gasteiger partial charge in [-0.2, -0.15) is 0 Å². The smallest absolute Gasteiger partial charge is 0.191 e. The van der Waals surface area contributed by atoms with Gasteiger partial charge in [0, 0.05) is 13.1 Å². The van der Waals surface area contributed by atoms with Gasteiger partial charge >= 0.3 is 0 Å². The maximum Gasteiger partial charge on any atom is 0.191 e. The minimum atomic E-state index is -2.94. The summed E-state index contributed by atoms with van der Waals surface area (Å²) < 4.78 is 23.6. The summed E-state index contributed by atoms with van der Waals surface area (Å²) >= 11 is 0. The molecule has 2 N–H and O–H groups in total. The number of hydrogen-bond acceptors (Lipinski definition) is 3. The van der Waals surface area contributed by atoms with E-state index in [2.05, 4.69) is 4.99 Å². The largest absolute Gasteiger partial charge is 0.370 e. The Hall–Kier alpha value is -0.780. The Morgan fingerprint density at radius 3 is 2.53 bits per heavy atom. The molecule has 100 valence electrons. The second-order valence-corrected chi connectivity index (χ2v) is 6.76. The highest BCUT2D eigenvalue weighted by Gasteiger charge is 2.28. The van der Waals surface area contributed by atoms with Crippen LogP contribution >= 0.6 is 0 Å². The predicted octanol–water partition coefficient (Wildman–Crippen LogP) is 0.610. The molecule has 1 fully saturated rings. The van der Waals surface area contributed by atoms with Gasteiger partial charge in [-0.25, -0.2) is 8.42 Å². The van der Waals surface area contributed by atoms with Crippen LogP contribution in [-0.2, 0) is 9.84 Å². The van der Waals surface area contributed by atoms with Crippen molar-refractivity contribution in [2.24, 2.45) is 10.7 Å². The Bertz CT molecular complexity index is 361. The first-order valence-corrected chi connectivity index (χ1v) is 7.99. The number of hydrogen-bond donors (Lipinski definition) is 1. The normalized spacial score (nSPS) is 24.6. The van der Waals surface area contributed by atoms with Gasteiger partial charge in [-0.1, -0.05) is 6.42 Å². The van der Waals surface area contributed by atoms with Crippen LogP contribution in [0, 0.1) is 0 Å². The van der Waals surface area contributed by atoms with Gasteiger partial charge in [0.05, 0.1) is 17.5 Å². The van der Waals surface area contributed by atoms with Gasteiger partial charge in [-0.15, -0.1) is 0 Å². The van der Waals surface area contributed by atoms with Gasteiger partial charge in [-0.3, -0.25) is 4.99 Å². The minimum absolute atomic E-state index is 0.304. The molecule has 0 bridgehead atoms. The minimum Gasteiger partial charge on any atom is -0.370 e. The van der Waals surface area contributed by atoms with Crippen molar-refractivity contribution in [1.82, 2.24) is 4.90 Å². The van der Waals surface area contributed by atoms with E-state index >= 15 is 0 Å². The molecular weight excluding hydrogens is 238 g/mol. The monoisotopic (exact) mass is 261 g/mol. The fraction of sp³-hybridized carbons (Fsp3) is 0.909. The molecule has 0 aromatic carbocycles. The number of rotatable bonds is 4. The summed E-state index contributed by atoms with van der Waals surface area (Å²) in [5, 5.41) is -0.328. The standard InChI is InChI=1S/C11H23N3O2S/c1-3-14(4-2)11(12)13-9-10-7-5-6-8-17(10,15)16/h10H,3-9H2,1-2H3,(H2,12,13). The van der Waals surface area contributed by atoms with Crippen LogP contribution in [0.25, 0.3) is 0 Å². The summed E-state index contributed by atoms with van der Waals surface area (Å²) in [6, 6.07) is 0. The first-order chi connectivity index (χ1) is 8.01. The average Bonchev–Trinajstić information content (AvgIpc) is 2.28. The van der Waals surface area contributed by atoms with E-state index in [0.29, 0.717) is 18.3 Å². The quantitative estimate of drug-likeness (QED) is 0.594. The first-order valence-electron chi connectivity index (χ1n) is 6.27. The molecule has 6 heteroatoms. The van der Waals surface area contributed by atoms with Crippen molar-refractivity contribution in [1.29, 1.82) is 0 Å². The van der Waals surface area contributed by atoms with Crippen LogP contribution in [0.4, 0.5) is 0 Å². The highest BCUT2D eigenvalue weighted by atomic mass is 32.2. The SMILES string of the molecule is CCN(CC)C(N)=NCC1CCCCS1(=O)=O. The molecule has 1 atom stereocenters. The highest BCUT2D eigenvalue weighted by Crippen LogP contribution is 2.19. The van der Waals surface area contributed by atoms with E-state index in [1.165, 1.54) is 0 Å². The lowest BCUT2D eigenvalue weighted by atomic mass is 10.2. The van der Waals surface area contributed by atoms with Crippen molar-refractivity contribution in [2.75, 3.05) is 25.4 Å². The molecule has 1 aliphatic rings. The summed E-state index contributed by atoms with van der Waals surface area (Å²) in [7, 11) is -2.94. The lowest BCUT2D eigenvalue weighted by molar-refractivity contribution is 0.457. The molecule has 0 radical (unpaired) electrons. The molecule has 0 saturated carbocycles. The van der Waals surface area contributed by atoms with Crippen molar-refractivity contribution < 1.29 is 8.42 Å². The van der Waals surface area contributed by atoms with Crippen LogP contribution in [0.3, 0.4) is 0 Å². The van der Waals surface area contributed by atoms with Gasteiger partial charge in [-0.05, 0) is 26.7 Å². The van der Waals surface area contributed by atoms with Gasteiger partial charge in [0.15, 0.2) is 15.8 Å². The van der Waals surface area contributed by atoms with Crippen LogP contribution < -0.4 is 5.73 Å². The molecular formula is C11H23N3O2S. The molecule has 1 heterocycles. The predicted molar refractivity (Wildman–Crippen MR) is 70.8 cm³/mol. The molecule has 0 aromatic heterocycles. The van der Waals surface area contributed by atoms with Gasteiger partial charge in [0.25, 0.3) is 0 Å². The van der Waals surface area contributed by atoms with E-state index in [-0.39, 0.29) is 5.25 Å². The van der Waals surface area contributed by atoms with Crippen molar-refractivity contribution in [2.45, 2.75) is 38.4 Å². The topological polar surface area (TPSA) is 75.8 Å². The number of aliphatic imine (C=N–C) groups is 1. The van der Waals surface area contributed by atoms with E-state index in [1.54, 1.807) is 0 Å². The van der Waals surface area contributed by atoms with E-state index < -0.39 is 9.84 Å². The zero-order chi connectivity index (χ0) is 12.9. The molecule has 1 saturated heterocycles. The third-order valence-corrected chi connectivity index (χ3v) is 5.52. The molecule has 1 unspecified atom stereocenters. The molecule has 17 heavy (non-hydrogen) atoms. The zero-order valence-electron chi connectivity index (χ0n) is 10.7. The molecule has 0 aliphatic carbocycles. The number of guanidine groups is 1. The van der Waals surface area contributed by atoms with Crippen LogP contribution in [0.15, 0.2) is 4.99 Å². The molecule has 0 amide bonds. The second kappa shape index (κ2) is 6.23. The average molecular weight is 261 g/mol. The van der Waals surface area contributed by atoms with Crippen molar-refractivity contribution in [3.8, 4) is 0 Å². The summed E-state index contributed by atoms with van der Waals surface area (Å²) in [4.78, 5) is 6.15. The molecule has 0 aromatic rings. The zero-order valence-corrected chi connectivity index (χ0v) is 11.5. The number of sulfone groups is 1. The van der Waals surface area contributed by atoms with E-state index in [9.17, 15) is 8.42 Å². The Labute approximate surface area is 104 Å². The Morgan fingerprint density at radius 2 is 2.00 bits per heavy atom. The first kappa shape index (κ1) is 14.3. The third kappa shape index (κ3) is 3.87. The summed E-state index contributed by atoms with van der Waals surface area (Å²) in [5.41, 5.74) is 5.83. The Balaban J connectivity index is 2.62. The lowest BCUT2D eigenvalue weighted by Gasteiger charge is -2.23. The van der Waals surface area contributed by atoms with Crippen LogP contribution in [-0.4, -0.2) is 49.9 Å². The fourth-order valence-corrected chi connectivity index (χ4v) is 3.84. The summed E-state index contributed by atoms with van der Waals surface area (Å²) in [6.07, 6.45) is 2.48. The second-order valence-electron chi connectivity index (χ2n) is 4.36. The number of nitrogens with two attached hydrogens (primary N) is 1. The van der Waals surface area contributed by atoms with Crippen LogP contribution in [0.1, 0.15) is 33.1 Å². The van der Waals surface area contributed by atoms with Gasteiger partial charge in [0.2, 0.25) is 0 Å². The lowest BCUT2D eigenvalue weighted by Crippen LogP contribution is -2.38. The van der Waals surface area contributed by atoms with E-state index in [4.69, 9.17) is 5.73 Å².